The molecule has 2 N–H and O–H groups in total. The third-order valence-corrected chi connectivity index (χ3v) is 7.24. The molecule has 4 nitrogen and oxygen atoms in total. The molecule has 0 bridgehead atoms. The van der Waals surface area contributed by atoms with Crippen molar-refractivity contribution in [3.05, 3.63) is 59.7 Å². The van der Waals surface area contributed by atoms with Crippen molar-refractivity contribution in [2.24, 2.45) is 9.98 Å². The summed E-state index contributed by atoms with van der Waals surface area (Å²) in [6, 6.07) is 14.5. The zero-order valence-electron chi connectivity index (χ0n) is 16.4. The molecule has 0 aliphatic carbocycles. The third kappa shape index (κ3) is 10.7. The van der Waals surface area contributed by atoms with Gasteiger partial charge in [-0.1, -0.05) is 24.3 Å². The minimum atomic E-state index is 0.278. The molecule has 0 saturated heterocycles. The predicted octanol–water partition coefficient (Wildman–Crippen LogP) is 4.84. The summed E-state index contributed by atoms with van der Waals surface area (Å²) in [5.74, 6) is 7.20. The van der Waals surface area contributed by atoms with Crippen LogP contribution in [0.3, 0.4) is 0 Å². The van der Waals surface area contributed by atoms with Crippen LogP contribution in [0.1, 0.15) is 11.1 Å². The van der Waals surface area contributed by atoms with Crippen molar-refractivity contribution in [2.75, 3.05) is 47.6 Å². The Bertz CT molecular complexity index is 706. The van der Waals surface area contributed by atoms with E-state index < -0.39 is 0 Å². The second-order valence-corrected chi connectivity index (χ2v) is 9.70. The van der Waals surface area contributed by atoms with Crippen LogP contribution in [0.15, 0.2) is 58.5 Å². The van der Waals surface area contributed by atoms with Gasteiger partial charge in [-0.15, -0.1) is 0 Å². The molecule has 2 aromatic rings. The van der Waals surface area contributed by atoms with Crippen LogP contribution >= 0.6 is 35.3 Å². The third-order valence-electron chi connectivity index (χ3n) is 3.81. The quantitative estimate of drug-likeness (QED) is 0.320. The first-order valence-corrected chi connectivity index (χ1v) is 13.0. The van der Waals surface area contributed by atoms with Gasteiger partial charge in [-0.2, -0.15) is 35.3 Å². The van der Waals surface area contributed by atoms with Crippen molar-refractivity contribution in [3.63, 3.8) is 0 Å². The van der Waals surface area contributed by atoms with Gasteiger partial charge in [-0.25, -0.2) is 0 Å². The smallest absolute Gasteiger partial charge is 0.124 e. The summed E-state index contributed by atoms with van der Waals surface area (Å²) in [5.41, 5.74) is 1.55. The van der Waals surface area contributed by atoms with E-state index in [2.05, 4.69) is 9.98 Å². The Balaban J connectivity index is 1.37. The number of thioether (sulfide) groups is 3. The molecule has 2 aromatic carbocycles. The number of para-hydroxylation sites is 2. The lowest BCUT2D eigenvalue weighted by molar-refractivity contribution is 0.474. The first-order chi connectivity index (χ1) is 14.3. The van der Waals surface area contributed by atoms with Crippen molar-refractivity contribution >= 4 is 47.7 Å². The number of phenolic OH excluding ortho intramolecular Hbond substituents is 2. The molecular formula is C22H28N2O2S3. The highest BCUT2D eigenvalue weighted by atomic mass is 32.2. The minimum Gasteiger partial charge on any atom is -0.507 e. The van der Waals surface area contributed by atoms with Gasteiger partial charge in [0.1, 0.15) is 11.5 Å². The van der Waals surface area contributed by atoms with E-state index in [1.807, 2.05) is 71.7 Å². The molecule has 0 aliphatic rings. The monoisotopic (exact) mass is 448 g/mol. The summed E-state index contributed by atoms with van der Waals surface area (Å²) in [7, 11) is 0. The van der Waals surface area contributed by atoms with E-state index in [1.165, 1.54) is 11.5 Å². The Morgan fingerprint density at radius 2 is 0.966 bits per heavy atom. The molecule has 7 heteroatoms. The maximum Gasteiger partial charge on any atom is 0.124 e. The van der Waals surface area contributed by atoms with E-state index in [4.69, 9.17) is 0 Å². The second-order valence-electron chi connectivity index (χ2n) is 6.03. The zero-order valence-corrected chi connectivity index (χ0v) is 18.9. The fraction of sp³-hybridized carbons (Fsp3) is 0.364. The highest BCUT2D eigenvalue weighted by Gasteiger charge is 1.96. The fourth-order valence-corrected chi connectivity index (χ4v) is 5.26. The highest BCUT2D eigenvalue weighted by molar-refractivity contribution is 8.04. The van der Waals surface area contributed by atoms with Gasteiger partial charge in [0.25, 0.3) is 0 Å². The van der Waals surface area contributed by atoms with Crippen LogP contribution in [0.25, 0.3) is 0 Å². The maximum absolute atomic E-state index is 9.65. The number of nitrogens with zero attached hydrogens (tertiary/aromatic N) is 2. The minimum absolute atomic E-state index is 0.278. The van der Waals surface area contributed by atoms with Crippen molar-refractivity contribution < 1.29 is 10.2 Å². The van der Waals surface area contributed by atoms with Crippen LogP contribution in [-0.4, -0.2) is 70.2 Å². The molecule has 2 rings (SSSR count). The van der Waals surface area contributed by atoms with Gasteiger partial charge >= 0.3 is 0 Å². The van der Waals surface area contributed by atoms with Crippen molar-refractivity contribution in [1.29, 1.82) is 0 Å². The standard InChI is InChI=1S/C22H28N2O2S3/c25-21-7-3-1-5-19(21)17-23-9-11-27-13-15-29-16-14-28-12-10-24-18-20-6-2-4-8-22(20)26/h1-8,17-18,25-26H,9-16H2. The Hall–Kier alpha value is -1.57. The molecule has 0 atom stereocenters. The van der Waals surface area contributed by atoms with E-state index >= 15 is 0 Å². The van der Waals surface area contributed by atoms with Gasteiger partial charge in [0.15, 0.2) is 0 Å². The number of hydrogen-bond acceptors (Lipinski definition) is 7. The molecule has 0 radical (unpaired) electrons. The second kappa shape index (κ2) is 15.3. The molecule has 0 fully saturated rings. The average Bonchev–Trinajstić information content (AvgIpc) is 2.73. The van der Waals surface area contributed by atoms with E-state index in [0.29, 0.717) is 0 Å². The SMILES string of the molecule is Oc1ccccc1C=NCCSCCSCCSCCN=Cc1ccccc1O. The number of phenols is 2. The average molecular weight is 449 g/mol. The van der Waals surface area contributed by atoms with Crippen LogP contribution in [0.5, 0.6) is 11.5 Å². The number of hydrogen-bond donors (Lipinski definition) is 2. The number of benzene rings is 2. The molecule has 0 unspecified atom stereocenters. The molecule has 0 heterocycles. The van der Waals surface area contributed by atoms with Gasteiger partial charge in [0, 0.05) is 71.2 Å². The zero-order chi connectivity index (χ0) is 20.6. The summed E-state index contributed by atoms with van der Waals surface area (Å²) < 4.78 is 0. The maximum atomic E-state index is 9.65. The van der Waals surface area contributed by atoms with Crippen LogP contribution in [0.2, 0.25) is 0 Å². The van der Waals surface area contributed by atoms with E-state index in [0.717, 1.165) is 47.2 Å². The number of rotatable bonds is 14. The lowest BCUT2D eigenvalue weighted by Gasteiger charge is -2.02. The molecule has 0 saturated carbocycles. The lowest BCUT2D eigenvalue weighted by atomic mass is 10.2. The fourth-order valence-electron chi connectivity index (χ4n) is 2.30. The number of aromatic hydroxyl groups is 2. The first kappa shape index (κ1) is 23.7. The number of aliphatic imine (C=N–C) groups is 2. The predicted molar refractivity (Wildman–Crippen MR) is 133 cm³/mol. The Labute approximate surface area is 186 Å². The normalized spacial score (nSPS) is 11.6. The van der Waals surface area contributed by atoms with Crippen LogP contribution in [0, 0.1) is 0 Å². The van der Waals surface area contributed by atoms with E-state index in [1.54, 1.807) is 24.6 Å². The van der Waals surface area contributed by atoms with Crippen molar-refractivity contribution in [1.82, 2.24) is 0 Å². The summed E-state index contributed by atoms with van der Waals surface area (Å²) in [6.07, 6.45) is 3.49. The Morgan fingerprint density at radius 3 is 1.38 bits per heavy atom. The van der Waals surface area contributed by atoms with Crippen LogP contribution < -0.4 is 0 Å². The summed E-state index contributed by atoms with van der Waals surface area (Å²) in [4.78, 5) is 8.74. The van der Waals surface area contributed by atoms with Gasteiger partial charge in [-0.05, 0) is 24.3 Å². The highest BCUT2D eigenvalue weighted by Crippen LogP contribution is 2.14. The summed E-state index contributed by atoms with van der Waals surface area (Å²) >= 11 is 5.84. The lowest BCUT2D eigenvalue weighted by Crippen LogP contribution is -1.95. The van der Waals surface area contributed by atoms with Crippen LogP contribution in [-0.2, 0) is 0 Å². The molecule has 0 spiro atoms. The van der Waals surface area contributed by atoms with E-state index in [9.17, 15) is 10.2 Å². The van der Waals surface area contributed by atoms with E-state index in [-0.39, 0.29) is 11.5 Å². The first-order valence-electron chi connectivity index (χ1n) is 9.56. The Kier molecular flexibility index (Phi) is 12.5. The van der Waals surface area contributed by atoms with Crippen molar-refractivity contribution in [3.8, 4) is 11.5 Å². The molecular weight excluding hydrogens is 420 g/mol. The van der Waals surface area contributed by atoms with Gasteiger partial charge in [0.2, 0.25) is 0 Å². The topological polar surface area (TPSA) is 65.2 Å². The molecule has 0 amide bonds. The summed E-state index contributed by atoms with van der Waals surface area (Å²) in [6.45, 7) is 1.56. The van der Waals surface area contributed by atoms with Crippen LogP contribution in [0.4, 0.5) is 0 Å². The Morgan fingerprint density at radius 1 is 0.586 bits per heavy atom. The summed E-state index contributed by atoms with van der Waals surface area (Å²) in [5, 5.41) is 19.3. The molecule has 0 aliphatic heterocycles. The van der Waals surface area contributed by atoms with Crippen molar-refractivity contribution in [2.45, 2.75) is 0 Å². The largest absolute Gasteiger partial charge is 0.507 e. The molecule has 0 aromatic heterocycles. The van der Waals surface area contributed by atoms with Gasteiger partial charge in [-0.3, -0.25) is 9.98 Å². The van der Waals surface area contributed by atoms with Gasteiger partial charge in [0.05, 0.1) is 0 Å². The molecule has 29 heavy (non-hydrogen) atoms. The van der Waals surface area contributed by atoms with Gasteiger partial charge < -0.3 is 10.2 Å². The molecule has 156 valence electrons.